The summed E-state index contributed by atoms with van der Waals surface area (Å²) in [6.07, 6.45) is 6.49. The van der Waals surface area contributed by atoms with Crippen molar-refractivity contribution in [3.8, 4) is 0 Å². The van der Waals surface area contributed by atoms with Crippen molar-refractivity contribution in [1.82, 2.24) is 15.5 Å². The number of hydrogen-bond donors (Lipinski definition) is 2. The number of amides is 2. The van der Waals surface area contributed by atoms with Gasteiger partial charge in [0.25, 0.3) is 0 Å². The maximum Gasteiger partial charge on any atom is 0.223 e. The molecule has 1 unspecified atom stereocenters. The summed E-state index contributed by atoms with van der Waals surface area (Å²) in [5, 5.41) is 6.54. The lowest BCUT2D eigenvalue weighted by atomic mass is 9.94. The molecule has 0 saturated carbocycles. The zero-order chi connectivity index (χ0) is 18.9. The van der Waals surface area contributed by atoms with Crippen molar-refractivity contribution in [3.63, 3.8) is 0 Å². The second-order valence-electron chi connectivity index (χ2n) is 7.93. The van der Waals surface area contributed by atoms with Crippen LogP contribution in [0.3, 0.4) is 0 Å². The number of benzene rings is 1. The predicted molar refractivity (Wildman–Crippen MR) is 115 cm³/mol. The third-order valence-electron chi connectivity index (χ3n) is 5.94. The largest absolute Gasteiger partial charge is 0.356 e. The van der Waals surface area contributed by atoms with Gasteiger partial charge in [0, 0.05) is 32.0 Å². The molecule has 2 amide bonds. The Hall–Kier alpha value is -1.59. The van der Waals surface area contributed by atoms with Gasteiger partial charge in [0.1, 0.15) is 0 Å². The van der Waals surface area contributed by atoms with E-state index in [1.165, 1.54) is 18.4 Å². The van der Waals surface area contributed by atoms with E-state index >= 15 is 0 Å². The Morgan fingerprint density at radius 2 is 1.86 bits per heavy atom. The molecule has 0 spiro atoms. The molecule has 2 heterocycles. The zero-order valence-electron chi connectivity index (χ0n) is 16.7. The van der Waals surface area contributed by atoms with E-state index < -0.39 is 0 Å². The summed E-state index contributed by atoms with van der Waals surface area (Å²) in [6.45, 7) is 4.41. The normalized spacial score (nSPS) is 20.3. The molecule has 156 valence electrons. The minimum atomic E-state index is 0. The van der Waals surface area contributed by atoms with Gasteiger partial charge in [-0.2, -0.15) is 0 Å². The standard InChI is InChI=1S/C22H33N3O2.ClH/c26-21(9-8-18-5-2-1-3-6-18)25-15-11-20(12-16-25)22(27)24-14-10-19-7-4-13-23-17-19;/h1-3,5-6,19-20,23H,4,7-17H2,(H,24,27);1H. The molecule has 2 saturated heterocycles. The predicted octanol–water partition coefficient (Wildman–Crippen LogP) is 2.79. The zero-order valence-corrected chi connectivity index (χ0v) is 17.5. The summed E-state index contributed by atoms with van der Waals surface area (Å²) in [6, 6.07) is 10.1. The van der Waals surface area contributed by atoms with E-state index in [0.29, 0.717) is 25.4 Å². The molecule has 6 heteroatoms. The van der Waals surface area contributed by atoms with Crippen LogP contribution in [0.4, 0.5) is 0 Å². The van der Waals surface area contributed by atoms with Gasteiger partial charge >= 0.3 is 0 Å². The lowest BCUT2D eigenvalue weighted by molar-refractivity contribution is -0.135. The van der Waals surface area contributed by atoms with Gasteiger partial charge in [0.2, 0.25) is 11.8 Å². The summed E-state index contributed by atoms with van der Waals surface area (Å²) < 4.78 is 0. The van der Waals surface area contributed by atoms with Gasteiger partial charge in [-0.3, -0.25) is 9.59 Å². The molecule has 2 N–H and O–H groups in total. The first kappa shape index (κ1) is 22.7. The molecular formula is C22H34ClN3O2. The van der Waals surface area contributed by atoms with Gasteiger partial charge in [-0.25, -0.2) is 0 Å². The fourth-order valence-corrected chi connectivity index (χ4v) is 4.16. The summed E-state index contributed by atoms with van der Waals surface area (Å²) in [4.78, 5) is 26.7. The van der Waals surface area contributed by atoms with Crippen LogP contribution in [0.15, 0.2) is 30.3 Å². The monoisotopic (exact) mass is 407 g/mol. The molecule has 0 aromatic heterocycles. The minimum absolute atomic E-state index is 0. The molecule has 1 aromatic rings. The molecule has 2 aliphatic heterocycles. The number of nitrogens with one attached hydrogen (secondary N) is 2. The molecule has 2 aliphatic rings. The number of hydrogen-bond acceptors (Lipinski definition) is 3. The van der Waals surface area contributed by atoms with Crippen molar-refractivity contribution in [1.29, 1.82) is 0 Å². The van der Waals surface area contributed by atoms with E-state index in [1.54, 1.807) is 0 Å². The first-order valence-corrected chi connectivity index (χ1v) is 10.5. The van der Waals surface area contributed by atoms with E-state index in [-0.39, 0.29) is 30.1 Å². The molecule has 28 heavy (non-hydrogen) atoms. The highest BCUT2D eigenvalue weighted by Gasteiger charge is 2.27. The van der Waals surface area contributed by atoms with Crippen molar-refractivity contribution >= 4 is 24.2 Å². The Labute approximate surface area is 175 Å². The van der Waals surface area contributed by atoms with Gasteiger partial charge in [-0.1, -0.05) is 30.3 Å². The topological polar surface area (TPSA) is 61.4 Å². The Bertz CT molecular complexity index is 597. The molecular weight excluding hydrogens is 374 g/mol. The van der Waals surface area contributed by atoms with Crippen molar-refractivity contribution in [2.75, 3.05) is 32.7 Å². The number of carbonyl (C=O) groups is 2. The first-order valence-electron chi connectivity index (χ1n) is 10.5. The number of rotatable bonds is 7. The van der Waals surface area contributed by atoms with Crippen LogP contribution < -0.4 is 10.6 Å². The summed E-state index contributed by atoms with van der Waals surface area (Å²) in [5.74, 6) is 1.15. The highest BCUT2D eigenvalue weighted by Crippen LogP contribution is 2.19. The second-order valence-corrected chi connectivity index (χ2v) is 7.93. The highest BCUT2D eigenvalue weighted by atomic mass is 35.5. The SMILES string of the molecule is Cl.O=C(NCCC1CCCNC1)C1CCN(C(=O)CCc2ccccc2)CC1. The molecule has 0 aliphatic carbocycles. The number of carbonyl (C=O) groups excluding carboxylic acids is 2. The molecule has 1 aromatic carbocycles. The van der Waals surface area contributed by atoms with Crippen molar-refractivity contribution in [2.45, 2.75) is 44.9 Å². The summed E-state index contributed by atoms with van der Waals surface area (Å²) in [5.41, 5.74) is 1.20. The van der Waals surface area contributed by atoms with Gasteiger partial charge in [0.15, 0.2) is 0 Å². The molecule has 3 rings (SSSR count). The van der Waals surface area contributed by atoms with E-state index in [2.05, 4.69) is 22.8 Å². The lowest BCUT2D eigenvalue weighted by Gasteiger charge is -2.31. The Kier molecular flexibility index (Phi) is 9.79. The highest BCUT2D eigenvalue weighted by molar-refractivity contribution is 5.85. The lowest BCUT2D eigenvalue weighted by Crippen LogP contribution is -2.43. The molecule has 5 nitrogen and oxygen atoms in total. The average molecular weight is 408 g/mol. The van der Waals surface area contributed by atoms with Gasteiger partial charge in [-0.05, 0) is 63.1 Å². The number of halogens is 1. The van der Waals surface area contributed by atoms with E-state index in [9.17, 15) is 9.59 Å². The molecule has 0 radical (unpaired) electrons. The van der Waals surface area contributed by atoms with E-state index in [0.717, 1.165) is 45.3 Å². The Balaban J connectivity index is 0.00000280. The van der Waals surface area contributed by atoms with Crippen LogP contribution in [0, 0.1) is 11.8 Å². The fraction of sp³-hybridized carbons (Fsp3) is 0.636. The van der Waals surface area contributed by atoms with E-state index in [1.807, 2.05) is 23.1 Å². The summed E-state index contributed by atoms with van der Waals surface area (Å²) >= 11 is 0. The van der Waals surface area contributed by atoms with Crippen LogP contribution in [0.25, 0.3) is 0 Å². The van der Waals surface area contributed by atoms with Gasteiger partial charge < -0.3 is 15.5 Å². The number of aryl methyl sites for hydroxylation is 1. The van der Waals surface area contributed by atoms with Gasteiger partial charge in [-0.15, -0.1) is 12.4 Å². The van der Waals surface area contributed by atoms with Crippen LogP contribution in [0.5, 0.6) is 0 Å². The van der Waals surface area contributed by atoms with Crippen molar-refractivity contribution in [2.24, 2.45) is 11.8 Å². The fourth-order valence-electron chi connectivity index (χ4n) is 4.16. The third kappa shape index (κ3) is 7.10. The van der Waals surface area contributed by atoms with Crippen molar-refractivity contribution in [3.05, 3.63) is 35.9 Å². The molecule has 1 atom stereocenters. The van der Waals surface area contributed by atoms with Gasteiger partial charge in [0.05, 0.1) is 0 Å². The number of nitrogens with zero attached hydrogens (tertiary/aromatic N) is 1. The quantitative estimate of drug-likeness (QED) is 0.730. The summed E-state index contributed by atoms with van der Waals surface area (Å²) in [7, 11) is 0. The van der Waals surface area contributed by atoms with Crippen LogP contribution in [0.1, 0.15) is 44.1 Å². The third-order valence-corrected chi connectivity index (χ3v) is 5.94. The van der Waals surface area contributed by atoms with Crippen LogP contribution in [-0.2, 0) is 16.0 Å². The van der Waals surface area contributed by atoms with E-state index in [4.69, 9.17) is 0 Å². The van der Waals surface area contributed by atoms with Crippen LogP contribution in [-0.4, -0.2) is 49.4 Å². The maximum atomic E-state index is 12.4. The Morgan fingerprint density at radius 1 is 1.11 bits per heavy atom. The first-order chi connectivity index (χ1) is 13.2. The Morgan fingerprint density at radius 3 is 2.54 bits per heavy atom. The maximum absolute atomic E-state index is 12.4. The molecule has 2 fully saturated rings. The van der Waals surface area contributed by atoms with Crippen molar-refractivity contribution < 1.29 is 9.59 Å². The second kappa shape index (κ2) is 12.1. The average Bonchev–Trinajstić information content (AvgIpc) is 2.73. The number of likely N-dealkylation sites (tertiary alicyclic amines) is 1. The smallest absolute Gasteiger partial charge is 0.223 e. The van der Waals surface area contributed by atoms with Crippen LogP contribution in [0.2, 0.25) is 0 Å². The van der Waals surface area contributed by atoms with Crippen LogP contribution >= 0.6 is 12.4 Å². The number of piperidine rings is 2. The minimum Gasteiger partial charge on any atom is -0.356 e. The molecule has 0 bridgehead atoms.